The van der Waals surface area contributed by atoms with Gasteiger partial charge in [0.15, 0.2) is 5.94 Å². The number of alkyl halides is 3. The molecule has 0 saturated carbocycles. The third-order valence-corrected chi connectivity index (χ3v) is 5.09. The molecule has 10 heteroatoms. The lowest BCUT2D eigenvalue weighted by atomic mass is 10.3. The van der Waals surface area contributed by atoms with Crippen molar-refractivity contribution in [2.45, 2.75) is 10.5 Å². The molecule has 2 N–H and O–H groups in total. The first kappa shape index (κ1) is 15.0. The molecule has 0 aliphatic heterocycles. The highest BCUT2D eigenvalue weighted by Gasteiger charge is 2.29. The minimum atomic E-state index is -4.57. The van der Waals surface area contributed by atoms with Gasteiger partial charge in [-0.25, -0.2) is 13.4 Å². The summed E-state index contributed by atoms with van der Waals surface area (Å²) in [6.07, 6.45) is -4.57. The van der Waals surface area contributed by atoms with Gasteiger partial charge >= 0.3 is 6.18 Å². The molecular weight excluding hydrogens is 317 g/mol. The Hall–Kier alpha value is -1.39. The van der Waals surface area contributed by atoms with Gasteiger partial charge in [0.25, 0.3) is 0 Å². The predicted octanol–water partition coefficient (Wildman–Crippen LogP) is 2.19. The van der Waals surface area contributed by atoms with E-state index in [1.807, 2.05) is 0 Å². The van der Waals surface area contributed by atoms with Crippen molar-refractivity contribution in [3.05, 3.63) is 18.2 Å². The van der Waals surface area contributed by atoms with Crippen LogP contribution in [0.25, 0.3) is 10.2 Å². The van der Waals surface area contributed by atoms with E-state index < -0.39 is 28.6 Å². The molecule has 0 fully saturated rings. The Morgan fingerprint density at radius 2 is 2.05 bits per heavy atom. The number of hydrogen-bond acceptors (Lipinski definition) is 6. The van der Waals surface area contributed by atoms with Crippen LogP contribution in [-0.4, -0.2) is 32.1 Å². The van der Waals surface area contributed by atoms with Crippen LogP contribution in [0.2, 0.25) is 0 Å². The highest BCUT2D eigenvalue weighted by Crippen LogP contribution is 2.28. The third-order valence-electron chi connectivity index (χ3n) is 2.16. The number of nitrogen functional groups attached to an aromatic ring is 1. The average Bonchev–Trinajstić information content (AvgIpc) is 2.70. The minimum Gasteiger partial charge on any atom is -0.399 e. The van der Waals surface area contributed by atoms with Gasteiger partial charge in [-0.05, 0) is 18.2 Å². The summed E-state index contributed by atoms with van der Waals surface area (Å²) in [6, 6.07) is 4.64. The molecule has 0 spiro atoms. The smallest absolute Gasteiger partial charge is 0.399 e. The maximum atomic E-state index is 11.9. The summed E-state index contributed by atoms with van der Waals surface area (Å²) >= 11 is 0.836. The van der Waals surface area contributed by atoms with Gasteiger partial charge in [0.2, 0.25) is 14.2 Å². The fourth-order valence-corrected chi connectivity index (χ4v) is 3.68. The molecule has 0 aliphatic carbocycles. The van der Waals surface area contributed by atoms with Crippen LogP contribution in [0.15, 0.2) is 22.5 Å². The maximum absolute atomic E-state index is 11.9. The van der Waals surface area contributed by atoms with Crippen molar-refractivity contribution in [2.75, 3.05) is 18.3 Å². The number of rotatable bonds is 4. The number of nitrogens with zero attached hydrogens (tertiary/aromatic N) is 1. The van der Waals surface area contributed by atoms with Crippen LogP contribution < -0.4 is 5.73 Å². The van der Waals surface area contributed by atoms with Crippen molar-refractivity contribution in [1.82, 2.24) is 4.98 Å². The summed E-state index contributed by atoms with van der Waals surface area (Å²) in [5.74, 6) is -1.07. The number of fused-ring (bicyclic) bond motifs is 1. The zero-order valence-corrected chi connectivity index (χ0v) is 11.5. The van der Waals surface area contributed by atoms with E-state index in [1.54, 1.807) is 12.1 Å². The molecule has 0 atom stereocenters. The van der Waals surface area contributed by atoms with Gasteiger partial charge in [-0.2, -0.15) is 13.2 Å². The van der Waals surface area contributed by atoms with Crippen LogP contribution in [0.1, 0.15) is 0 Å². The van der Waals surface area contributed by atoms with E-state index in [4.69, 9.17) is 5.73 Å². The molecule has 5 nitrogen and oxygen atoms in total. The van der Waals surface area contributed by atoms with Crippen LogP contribution in [-0.2, 0) is 14.6 Å². The van der Waals surface area contributed by atoms with Gasteiger partial charge in [0.1, 0.15) is 6.61 Å². The van der Waals surface area contributed by atoms with Gasteiger partial charge in [-0.1, -0.05) is 0 Å². The van der Waals surface area contributed by atoms with Crippen molar-refractivity contribution in [3.8, 4) is 0 Å². The number of anilines is 1. The Kier molecular flexibility index (Phi) is 3.89. The van der Waals surface area contributed by atoms with Crippen molar-refractivity contribution in [2.24, 2.45) is 0 Å². The first-order valence-corrected chi connectivity index (χ1v) is 7.67. The van der Waals surface area contributed by atoms with Crippen LogP contribution in [0.3, 0.4) is 0 Å². The number of benzene rings is 1. The summed E-state index contributed by atoms with van der Waals surface area (Å²) in [4.78, 5) is 3.85. The lowest BCUT2D eigenvalue weighted by Crippen LogP contribution is -2.20. The normalized spacial score (nSPS) is 12.9. The maximum Gasteiger partial charge on any atom is 0.411 e. The van der Waals surface area contributed by atoms with E-state index in [-0.39, 0.29) is 4.34 Å². The number of nitrogens with two attached hydrogens (primary N) is 1. The summed E-state index contributed by atoms with van der Waals surface area (Å²) in [5, 5.41) is 0. The molecule has 20 heavy (non-hydrogen) atoms. The summed E-state index contributed by atoms with van der Waals surface area (Å²) in [5.41, 5.74) is 6.41. The highest BCUT2D eigenvalue weighted by atomic mass is 32.2. The lowest BCUT2D eigenvalue weighted by Gasteiger charge is -2.06. The topological polar surface area (TPSA) is 82.3 Å². The Labute approximate surface area is 116 Å². The molecular formula is C10H9F3N2O3S2. The molecule has 110 valence electrons. The standard InChI is InChI=1S/C10H9F3N2O3S2/c11-10(12,13)4-18-5-20(16,17)9-15-7-2-1-6(14)3-8(7)19-9/h1-3H,4-5,14H2. The van der Waals surface area contributed by atoms with Crippen LogP contribution in [0.4, 0.5) is 18.9 Å². The molecule has 0 unspecified atom stereocenters. The van der Waals surface area contributed by atoms with E-state index in [0.29, 0.717) is 15.9 Å². The van der Waals surface area contributed by atoms with E-state index in [0.717, 1.165) is 11.3 Å². The molecule has 0 radical (unpaired) electrons. The molecule has 1 aromatic heterocycles. The number of ether oxygens (including phenoxy) is 1. The van der Waals surface area contributed by atoms with E-state index >= 15 is 0 Å². The van der Waals surface area contributed by atoms with E-state index in [2.05, 4.69) is 9.72 Å². The summed E-state index contributed by atoms with van der Waals surface area (Å²) < 4.78 is 63.7. The SMILES string of the molecule is Nc1ccc2nc(S(=O)(=O)COCC(F)(F)F)sc2c1. The second-order valence-corrected chi connectivity index (χ2v) is 7.04. The fraction of sp³-hybridized carbons (Fsp3) is 0.300. The van der Waals surface area contributed by atoms with Crippen molar-refractivity contribution < 1.29 is 26.3 Å². The first-order valence-electron chi connectivity index (χ1n) is 5.21. The zero-order chi connectivity index (χ0) is 15.0. The second-order valence-electron chi connectivity index (χ2n) is 3.90. The van der Waals surface area contributed by atoms with E-state index in [9.17, 15) is 21.6 Å². The van der Waals surface area contributed by atoms with Crippen molar-refractivity contribution in [3.63, 3.8) is 0 Å². The average molecular weight is 326 g/mol. The predicted molar refractivity (Wildman–Crippen MR) is 68.1 cm³/mol. The monoisotopic (exact) mass is 326 g/mol. The fourth-order valence-electron chi connectivity index (χ4n) is 1.37. The quantitative estimate of drug-likeness (QED) is 0.871. The molecule has 1 heterocycles. The Balaban J connectivity index is 2.19. The van der Waals surface area contributed by atoms with Gasteiger partial charge in [0, 0.05) is 5.69 Å². The lowest BCUT2D eigenvalue weighted by molar-refractivity contribution is -0.169. The molecule has 0 aliphatic rings. The number of hydrogen-bond donors (Lipinski definition) is 1. The first-order chi connectivity index (χ1) is 9.17. The number of aromatic nitrogens is 1. The molecule has 1 aromatic carbocycles. The molecule has 0 bridgehead atoms. The zero-order valence-electron chi connectivity index (χ0n) is 9.85. The largest absolute Gasteiger partial charge is 0.411 e. The Bertz CT molecular complexity index is 725. The van der Waals surface area contributed by atoms with Gasteiger partial charge < -0.3 is 10.5 Å². The summed E-state index contributed by atoms with van der Waals surface area (Å²) in [6.45, 7) is -1.62. The third kappa shape index (κ3) is 3.58. The molecule has 0 amide bonds. The minimum absolute atomic E-state index is 0.291. The molecule has 2 aromatic rings. The van der Waals surface area contributed by atoms with Gasteiger partial charge in [-0.15, -0.1) is 11.3 Å². The number of thiazole rings is 1. The second kappa shape index (κ2) is 5.19. The van der Waals surface area contributed by atoms with Crippen LogP contribution in [0.5, 0.6) is 0 Å². The molecule has 2 rings (SSSR count). The van der Waals surface area contributed by atoms with Gasteiger partial charge in [-0.3, -0.25) is 0 Å². The molecule has 0 saturated heterocycles. The Morgan fingerprint density at radius 1 is 1.35 bits per heavy atom. The van der Waals surface area contributed by atoms with Crippen molar-refractivity contribution >= 4 is 37.1 Å². The Morgan fingerprint density at radius 3 is 2.70 bits per heavy atom. The van der Waals surface area contributed by atoms with Crippen molar-refractivity contribution in [1.29, 1.82) is 0 Å². The van der Waals surface area contributed by atoms with Crippen LogP contribution in [0, 0.1) is 0 Å². The summed E-state index contributed by atoms with van der Waals surface area (Å²) in [7, 11) is -4.01. The van der Waals surface area contributed by atoms with Gasteiger partial charge in [0.05, 0.1) is 10.2 Å². The van der Waals surface area contributed by atoms with Crippen LogP contribution >= 0.6 is 11.3 Å². The number of sulfone groups is 1. The highest BCUT2D eigenvalue weighted by molar-refractivity contribution is 7.93. The van der Waals surface area contributed by atoms with E-state index in [1.165, 1.54) is 6.07 Å². The number of halogens is 3.